The molecule has 2 N–H and O–H groups in total. The number of aromatic nitrogens is 1. The summed E-state index contributed by atoms with van der Waals surface area (Å²) in [7, 11) is 0. The van der Waals surface area contributed by atoms with Gasteiger partial charge in [-0.2, -0.15) is 0 Å². The van der Waals surface area contributed by atoms with Crippen molar-refractivity contribution in [3.63, 3.8) is 0 Å². The number of rotatable bonds is 3. The highest BCUT2D eigenvalue weighted by Gasteiger charge is 2.07. The van der Waals surface area contributed by atoms with Gasteiger partial charge in [-0.05, 0) is 42.5 Å². The molecular weight excluding hydrogens is 220 g/mol. The molecule has 2 aromatic rings. The minimum absolute atomic E-state index is 0.656. The summed E-state index contributed by atoms with van der Waals surface area (Å²) in [6.07, 6.45) is 2.90. The number of hydrogen-bond donors (Lipinski definition) is 1. The number of aryl methyl sites for hydroxylation is 1. The molecule has 0 aliphatic carbocycles. The Balaban J connectivity index is 2.41. The molecule has 1 aromatic carbocycles. The van der Waals surface area contributed by atoms with E-state index in [1.54, 1.807) is 0 Å². The molecule has 2 heteroatoms. The Bertz CT molecular complexity index is 545. The number of pyridine rings is 1. The SMILES string of the molecule is Cc1ccnc(-c2cccc(CC(C)C)c2)c1N. The number of nitrogens with zero attached hydrogens (tertiary/aromatic N) is 1. The van der Waals surface area contributed by atoms with E-state index in [0.29, 0.717) is 5.92 Å². The Hall–Kier alpha value is -1.83. The van der Waals surface area contributed by atoms with Crippen molar-refractivity contribution >= 4 is 5.69 Å². The van der Waals surface area contributed by atoms with Crippen molar-refractivity contribution in [3.05, 3.63) is 47.7 Å². The van der Waals surface area contributed by atoms with Crippen LogP contribution >= 0.6 is 0 Å². The lowest BCUT2D eigenvalue weighted by atomic mass is 9.99. The monoisotopic (exact) mass is 240 g/mol. The van der Waals surface area contributed by atoms with Crippen molar-refractivity contribution in [3.8, 4) is 11.3 Å². The zero-order valence-corrected chi connectivity index (χ0v) is 11.3. The van der Waals surface area contributed by atoms with Gasteiger partial charge < -0.3 is 5.73 Å². The Morgan fingerprint density at radius 3 is 2.72 bits per heavy atom. The summed E-state index contributed by atoms with van der Waals surface area (Å²) in [5, 5.41) is 0. The van der Waals surface area contributed by atoms with Gasteiger partial charge in [-0.15, -0.1) is 0 Å². The van der Waals surface area contributed by atoms with Gasteiger partial charge in [0.05, 0.1) is 11.4 Å². The summed E-state index contributed by atoms with van der Waals surface area (Å²) in [5.41, 5.74) is 11.3. The van der Waals surface area contributed by atoms with Gasteiger partial charge in [0.2, 0.25) is 0 Å². The van der Waals surface area contributed by atoms with E-state index >= 15 is 0 Å². The smallest absolute Gasteiger partial charge is 0.0933 e. The molecule has 0 saturated carbocycles. The maximum atomic E-state index is 6.10. The summed E-state index contributed by atoms with van der Waals surface area (Å²) in [4.78, 5) is 4.40. The molecule has 0 radical (unpaired) electrons. The Kier molecular flexibility index (Phi) is 3.66. The van der Waals surface area contributed by atoms with E-state index in [4.69, 9.17) is 5.73 Å². The van der Waals surface area contributed by atoms with Crippen molar-refractivity contribution in [2.24, 2.45) is 5.92 Å². The standard InChI is InChI=1S/C16H20N2/c1-11(2)9-13-5-4-6-14(10-13)16-15(17)12(3)7-8-18-16/h4-8,10-11H,9,17H2,1-3H3. The van der Waals surface area contributed by atoms with E-state index < -0.39 is 0 Å². The van der Waals surface area contributed by atoms with Crippen LogP contribution < -0.4 is 5.73 Å². The Labute approximate surface area is 109 Å². The van der Waals surface area contributed by atoms with Gasteiger partial charge in [0.1, 0.15) is 0 Å². The molecule has 94 valence electrons. The quantitative estimate of drug-likeness (QED) is 0.885. The Morgan fingerprint density at radius 2 is 2.00 bits per heavy atom. The van der Waals surface area contributed by atoms with E-state index in [1.807, 2.05) is 19.2 Å². The van der Waals surface area contributed by atoms with Crippen LogP contribution in [0.1, 0.15) is 25.0 Å². The van der Waals surface area contributed by atoms with Crippen LogP contribution in [0.3, 0.4) is 0 Å². The fourth-order valence-electron chi connectivity index (χ4n) is 2.12. The molecule has 0 spiro atoms. The fourth-order valence-corrected chi connectivity index (χ4v) is 2.12. The lowest BCUT2D eigenvalue weighted by Gasteiger charge is -2.10. The molecular formula is C16H20N2. The van der Waals surface area contributed by atoms with Crippen LogP contribution in [0.5, 0.6) is 0 Å². The van der Waals surface area contributed by atoms with Crippen molar-refractivity contribution in [2.75, 3.05) is 5.73 Å². The number of nitrogen functional groups attached to an aromatic ring is 1. The average molecular weight is 240 g/mol. The van der Waals surface area contributed by atoms with Crippen LogP contribution in [0.2, 0.25) is 0 Å². The van der Waals surface area contributed by atoms with E-state index in [0.717, 1.165) is 28.9 Å². The van der Waals surface area contributed by atoms with Gasteiger partial charge >= 0.3 is 0 Å². The van der Waals surface area contributed by atoms with Gasteiger partial charge in [0.15, 0.2) is 0 Å². The summed E-state index contributed by atoms with van der Waals surface area (Å²) < 4.78 is 0. The summed E-state index contributed by atoms with van der Waals surface area (Å²) in [5.74, 6) is 0.656. The molecule has 18 heavy (non-hydrogen) atoms. The number of hydrogen-bond acceptors (Lipinski definition) is 2. The van der Waals surface area contributed by atoms with E-state index in [2.05, 4.69) is 43.1 Å². The lowest BCUT2D eigenvalue weighted by molar-refractivity contribution is 0.647. The van der Waals surface area contributed by atoms with E-state index in [9.17, 15) is 0 Å². The van der Waals surface area contributed by atoms with Gasteiger partial charge in [0, 0.05) is 11.8 Å². The molecule has 0 atom stereocenters. The number of anilines is 1. The highest BCUT2D eigenvalue weighted by Crippen LogP contribution is 2.26. The second-order valence-corrected chi connectivity index (χ2v) is 5.19. The molecule has 0 aliphatic rings. The third-order valence-electron chi connectivity index (χ3n) is 3.05. The largest absolute Gasteiger partial charge is 0.397 e. The minimum Gasteiger partial charge on any atom is -0.397 e. The third kappa shape index (κ3) is 2.70. The number of benzene rings is 1. The predicted octanol–water partition coefficient (Wildman–Crippen LogP) is 3.84. The summed E-state index contributed by atoms with van der Waals surface area (Å²) in [6.45, 7) is 6.47. The highest BCUT2D eigenvalue weighted by molar-refractivity contribution is 5.74. The van der Waals surface area contributed by atoms with Gasteiger partial charge in [-0.3, -0.25) is 4.98 Å². The topological polar surface area (TPSA) is 38.9 Å². The first kappa shape index (κ1) is 12.6. The highest BCUT2D eigenvalue weighted by atomic mass is 14.7. The molecule has 0 aliphatic heterocycles. The molecule has 0 unspecified atom stereocenters. The molecule has 0 fully saturated rings. The fraction of sp³-hybridized carbons (Fsp3) is 0.312. The van der Waals surface area contributed by atoms with Gasteiger partial charge in [-0.1, -0.05) is 32.0 Å². The molecule has 1 aromatic heterocycles. The zero-order chi connectivity index (χ0) is 13.1. The molecule has 0 amide bonds. The average Bonchev–Trinajstić information content (AvgIpc) is 2.32. The van der Waals surface area contributed by atoms with Crippen LogP contribution in [0.25, 0.3) is 11.3 Å². The zero-order valence-electron chi connectivity index (χ0n) is 11.3. The third-order valence-corrected chi connectivity index (χ3v) is 3.05. The molecule has 2 nitrogen and oxygen atoms in total. The predicted molar refractivity (Wildman–Crippen MR) is 77.4 cm³/mol. The lowest BCUT2D eigenvalue weighted by Crippen LogP contribution is -1.98. The first-order valence-electron chi connectivity index (χ1n) is 6.38. The first-order valence-corrected chi connectivity index (χ1v) is 6.38. The normalized spacial score (nSPS) is 10.9. The summed E-state index contributed by atoms with van der Waals surface area (Å²) in [6, 6.07) is 10.4. The van der Waals surface area contributed by atoms with Crippen molar-refractivity contribution in [1.82, 2.24) is 4.98 Å². The second kappa shape index (κ2) is 5.21. The Morgan fingerprint density at radius 1 is 1.22 bits per heavy atom. The first-order chi connectivity index (χ1) is 8.58. The van der Waals surface area contributed by atoms with Gasteiger partial charge in [0.25, 0.3) is 0 Å². The molecule has 0 saturated heterocycles. The molecule has 2 rings (SSSR count). The maximum Gasteiger partial charge on any atom is 0.0933 e. The van der Waals surface area contributed by atoms with Crippen LogP contribution in [0.15, 0.2) is 36.5 Å². The maximum absolute atomic E-state index is 6.10. The summed E-state index contributed by atoms with van der Waals surface area (Å²) >= 11 is 0. The van der Waals surface area contributed by atoms with E-state index in [1.165, 1.54) is 5.56 Å². The number of nitrogens with two attached hydrogens (primary N) is 1. The van der Waals surface area contributed by atoms with Crippen LogP contribution in [-0.2, 0) is 6.42 Å². The van der Waals surface area contributed by atoms with Crippen molar-refractivity contribution in [2.45, 2.75) is 27.2 Å². The van der Waals surface area contributed by atoms with Crippen LogP contribution in [0, 0.1) is 12.8 Å². The molecule has 0 bridgehead atoms. The van der Waals surface area contributed by atoms with Crippen molar-refractivity contribution in [1.29, 1.82) is 0 Å². The molecule has 1 heterocycles. The minimum atomic E-state index is 0.656. The van der Waals surface area contributed by atoms with Crippen molar-refractivity contribution < 1.29 is 0 Å². The van der Waals surface area contributed by atoms with E-state index in [-0.39, 0.29) is 0 Å². The van der Waals surface area contributed by atoms with Gasteiger partial charge in [-0.25, -0.2) is 0 Å². The van der Waals surface area contributed by atoms with Crippen LogP contribution in [0.4, 0.5) is 5.69 Å². The van der Waals surface area contributed by atoms with Crippen LogP contribution in [-0.4, -0.2) is 4.98 Å². The second-order valence-electron chi connectivity index (χ2n) is 5.19.